The van der Waals surface area contributed by atoms with E-state index in [1.165, 1.54) is 0 Å². The molecule has 0 aliphatic rings. The zero-order valence-corrected chi connectivity index (χ0v) is 52.5. The average Bonchev–Trinajstić information content (AvgIpc) is 4.04. The summed E-state index contributed by atoms with van der Waals surface area (Å²) >= 11 is 15.5. The van der Waals surface area contributed by atoms with Crippen LogP contribution >= 0.6 is 39.1 Å². The van der Waals surface area contributed by atoms with Crippen molar-refractivity contribution in [3.63, 3.8) is 0 Å². The summed E-state index contributed by atoms with van der Waals surface area (Å²) in [5, 5.41) is 18.6. The van der Waals surface area contributed by atoms with Gasteiger partial charge in [-0.1, -0.05) is 104 Å². The molecule has 0 unspecified atom stereocenters. The molecule has 2 aromatic carbocycles. The van der Waals surface area contributed by atoms with Gasteiger partial charge in [-0.3, -0.25) is 19.0 Å². The Morgan fingerprint density at radius 2 is 1.11 bits per heavy atom. The molecule has 0 saturated heterocycles. The lowest BCUT2D eigenvalue weighted by molar-refractivity contribution is 0.0876. The molecule has 0 aliphatic heterocycles. The Balaban J connectivity index is 0.000000208. The van der Waals surface area contributed by atoms with Gasteiger partial charge in [0, 0.05) is 88.8 Å². The third-order valence-corrected chi connectivity index (χ3v) is 17.6. The number of rotatable bonds is 15. The SMILES string of the molecule is C[C@H](NC(=O)c1cn(COCC[Si](C)(C)C)c2ncc(-c3nn(C)c4ccc(Cl)cc34)nc12)C(C)(C)C.C[C@H](NC(=O)c1cn(COCC[Si](C)(C)C)c2ncc(Br)nc12)C(C)(C)C.Cc1nn(C)c2ccc(Cl)cc12. The molecule has 16 nitrogen and oxygen atoms in total. The van der Waals surface area contributed by atoms with Crippen LogP contribution in [0.4, 0.5) is 0 Å². The Morgan fingerprint density at radius 1 is 0.671 bits per heavy atom. The number of amides is 2. The van der Waals surface area contributed by atoms with Crippen molar-refractivity contribution in [3.05, 3.63) is 92.7 Å². The predicted molar refractivity (Wildman–Crippen MR) is 319 cm³/mol. The first kappa shape index (κ1) is 60.2. The van der Waals surface area contributed by atoms with Gasteiger partial charge in [-0.25, -0.2) is 19.9 Å². The molecule has 0 bridgehead atoms. The van der Waals surface area contributed by atoms with E-state index >= 15 is 0 Å². The maximum atomic E-state index is 13.4. The Hall–Kier alpha value is -5.03. The lowest BCUT2D eigenvalue weighted by Gasteiger charge is -2.27. The van der Waals surface area contributed by atoms with Crippen LogP contribution in [0.5, 0.6) is 0 Å². The van der Waals surface area contributed by atoms with Crippen molar-refractivity contribution in [3.8, 4) is 11.4 Å². The van der Waals surface area contributed by atoms with Crippen LogP contribution in [0.25, 0.3) is 55.5 Å². The summed E-state index contributed by atoms with van der Waals surface area (Å²) in [6.45, 7) is 34.6. The third-order valence-electron chi connectivity index (χ3n) is 13.4. The lowest BCUT2D eigenvalue weighted by atomic mass is 9.88. The number of nitrogens with one attached hydrogen (secondary N) is 2. The maximum Gasteiger partial charge on any atom is 0.255 e. The van der Waals surface area contributed by atoms with E-state index in [2.05, 4.69) is 128 Å². The summed E-state index contributed by atoms with van der Waals surface area (Å²) in [5.74, 6) is -0.329. The number of benzene rings is 2. The highest BCUT2D eigenvalue weighted by atomic mass is 79.9. The van der Waals surface area contributed by atoms with Crippen molar-refractivity contribution >= 4 is 111 Å². The van der Waals surface area contributed by atoms with E-state index in [1.54, 1.807) is 29.5 Å². The number of carbonyl (C=O) groups is 2. The second-order valence-corrected chi connectivity index (χ2v) is 37.1. The fourth-order valence-corrected chi connectivity index (χ4v) is 9.77. The predicted octanol–water partition coefficient (Wildman–Crippen LogP) is 13.3. The molecule has 0 radical (unpaired) electrons. The van der Waals surface area contributed by atoms with E-state index in [0.717, 1.165) is 44.6 Å². The fourth-order valence-electron chi connectivity index (χ4n) is 7.63. The molecule has 76 heavy (non-hydrogen) atoms. The minimum Gasteiger partial charge on any atom is -0.361 e. The van der Waals surface area contributed by atoms with Crippen LogP contribution in [0.3, 0.4) is 0 Å². The first-order valence-corrected chi connectivity index (χ1v) is 34.6. The zero-order valence-electron chi connectivity index (χ0n) is 47.4. The summed E-state index contributed by atoms with van der Waals surface area (Å²) in [4.78, 5) is 44.8. The van der Waals surface area contributed by atoms with Crippen LogP contribution < -0.4 is 10.6 Å². The number of aryl methyl sites for hydroxylation is 3. The van der Waals surface area contributed by atoms with E-state index in [9.17, 15) is 9.59 Å². The quantitative estimate of drug-likeness (QED) is 0.0743. The highest BCUT2D eigenvalue weighted by Crippen LogP contribution is 2.31. The standard InChI is InChI=1S/C27H37ClN6O2Si.C19H31BrN4O2Si.C9H9ClN2/c1-17(27(2,3)4)30-26(35)20-15-34(16-36-11-12-37(6,7)8)25-24(20)31-21(14-29-25)23-19-13-18(28)9-10-22(19)33(5)32-23;1-13(19(2,3)4)22-18(25)14-11-24(12-26-8-9-27(5,6)7)17-16(14)23-15(20)10-21-17;1-6-8-5-7(10)3-4-9(8)12(2)11-6/h9-10,13-15,17H,11-12,16H2,1-8H3,(H,30,35);10-11,13H,8-9,12H2,1-7H3,(H,22,25);3-5H,1-2H3/t17-;13-;/m00./s1. The number of nitrogens with zero attached hydrogens (tertiary/aromatic N) is 10. The second kappa shape index (κ2) is 24.3. The molecule has 0 spiro atoms. The normalized spacial score (nSPS) is 13.2. The Labute approximate surface area is 468 Å². The van der Waals surface area contributed by atoms with Crippen molar-refractivity contribution in [2.24, 2.45) is 24.9 Å². The van der Waals surface area contributed by atoms with Crippen molar-refractivity contribution in [1.29, 1.82) is 0 Å². The minimum absolute atomic E-state index is 0.0245. The topological polar surface area (TPSA) is 174 Å². The van der Waals surface area contributed by atoms with Gasteiger partial charge in [-0.05, 0) is 96.0 Å². The van der Waals surface area contributed by atoms with Crippen molar-refractivity contribution in [1.82, 2.24) is 59.3 Å². The summed E-state index contributed by atoms with van der Waals surface area (Å²) in [6.07, 6.45) is 6.92. The van der Waals surface area contributed by atoms with Gasteiger partial charge in [0.2, 0.25) is 0 Å². The van der Waals surface area contributed by atoms with Gasteiger partial charge < -0.3 is 29.2 Å². The molecule has 21 heteroatoms. The summed E-state index contributed by atoms with van der Waals surface area (Å²) < 4.78 is 19.8. The molecule has 0 aliphatic carbocycles. The molecule has 6 aromatic heterocycles. The van der Waals surface area contributed by atoms with Gasteiger partial charge in [0.1, 0.15) is 40.5 Å². The number of aromatic nitrogens is 10. The number of halogens is 3. The first-order valence-electron chi connectivity index (χ1n) is 25.7. The molecular formula is C55H77BrCl2N12O4Si2. The largest absolute Gasteiger partial charge is 0.361 e. The first-order chi connectivity index (χ1) is 35.3. The molecule has 2 N–H and O–H groups in total. The second-order valence-electron chi connectivity index (χ2n) is 24.1. The molecule has 8 aromatic rings. The van der Waals surface area contributed by atoms with Crippen molar-refractivity contribution in [2.75, 3.05) is 13.2 Å². The van der Waals surface area contributed by atoms with E-state index in [4.69, 9.17) is 42.6 Å². The van der Waals surface area contributed by atoms with Gasteiger partial charge >= 0.3 is 0 Å². The van der Waals surface area contributed by atoms with E-state index in [-0.39, 0.29) is 34.7 Å². The van der Waals surface area contributed by atoms with Crippen LogP contribution in [0.15, 0.2) is 65.8 Å². The van der Waals surface area contributed by atoms with Crippen LogP contribution in [-0.4, -0.2) is 102 Å². The Morgan fingerprint density at radius 3 is 1.58 bits per heavy atom. The summed E-state index contributed by atoms with van der Waals surface area (Å²) in [7, 11) is 1.46. The van der Waals surface area contributed by atoms with Gasteiger partial charge in [-0.15, -0.1) is 0 Å². The zero-order chi connectivity index (χ0) is 56.2. The van der Waals surface area contributed by atoms with Crippen LogP contribution in [0.2, 0.25) is 61.4 Å². The number of fused-ring (bicyclic) bond motifs is 4. The summed E-state index contributed by atoms with van der Waals surface area (Å²) in [5.41, 5.74) is 7.55. The molecule has 0 saturated carbocycles. The molecule has 0 fully saturated rings. The van der Waals surface area contributed by atoms with Crippen LogP contribution in [-0.2, 0) is 37.0 Å². The molecule has 2 amide bonds. The lowest BCUT2D eigenvalue weighted by Crippen LogP contribution is -2.41. The van der Waals surface area contributed by atoms with Crippen molar-refractivity contribution < 1.29 is 19.1 Å². The monoisotopic (exact) mass is 1170 g/mol. The van der Waals surface area contributed by atoms with E-state index in [1.807, 2.05) is 85.1 Å². The van der Waals surface area contributed by atoms with Crippen LogP contribution in [0, 0.1) is 17.8 Å². The van der Waals surface area contributed by atoms with Gasteiger partial charge in [-0.2, -0.15) is 10.2 Å². The summed E-state index contributed by atoms with van der Waals surface area (Å²) in [6, 6.07) is 13.6. The third kappa shape index (κ3) is 15.6. The highest BCUT2D eigenvalue weighted by molar-refractivity contribution is 9.10. The minimum atomic E-state index is -1.21. The number of hydrogen-bond donors (Lipinski definition) is 2. The van der Waals surface area contributed by atoms with Gasteiger partial charge in [0.05, 0.1) is 40.2 Å². The Kier molecular flexibility index (Phi) is 19.3. The van der Waals surface area contributed by atoms with Gasteiger partial charge in [0.25, 0.3) is 11.8 Å². The molecule has 410 valence electrons. The fraction of sp³-hybridized carbons (Fsp3) is 0.491. The number of ether oxygens (including phenoxy) is 2. The van der Waals surface area contributed by atoms with E-state index in [0.29, 0.717) is 81.1 Å². The smallest absolute Gasteiger partial charge is 0.255 e. The highest BCUT2D eigenvalue weighted by Gasteiger charge is 2.28. The number of hydrogen-bond acceptors (Lipinski definition) is 10. The van der Waals surface area contributed by atoms with Gasteiger partial charge in [0.15, 0.2) is 11.3 Å². The van der Waals surface area contributed by atoms with Crippen molar-refractivity contribution in [2.45, 2.75) is 139 Å². The maximum absolute atomic E-state index is 13.4. The molecule has 2 atom stereocenters. The Bertz CT molecular complexity index is 3340. The number of carbonyl (C=O) groups excluding carboxylic acids is 2. The molecular weight excluding hydrogens is 1100 g/mol. The molecule has 8 rings (SSSR count). The van der Waals surface area contributed by atoms with Crippen LogP contribution in [0.1, 0.15) is 81.8 Å². The van der Waals surface area contributed by atoms with E-state index < -0.39 is 16.1 Å². The molecule has 6 heterocycles. The average molecular weight is 1180 g/mol.